The highest BCUT2D eigenvalue weighted by molar-refractivity contribution is 7.17. The number of halogens is 1. The smallest absolute Gasteiger partial charge is 0.331 e. The molecule has 1 aromatic carbocycles. The van der Waals surface area contributed by atoms with Gasteiger partial charge >= 0.3 is 5.97 Å². The first-order valence-electron chi connectivity index (χ1n) is 10.3. The molecule has 0 radical (unpaired) electrons. The summed E-state index contributed by atoms with van der Waals surface area (Å²) in [6.45, 7) is 0.335. The fourth-order valence-corrected chi connectivity index (χ4v) is 4.76. The highest BCUT2D eigenvalue weighted by Gasteiger charge is 2.26. The topological polar surface area (TPSA) is 93.7 Å². The summed E-state index contributed by atoms with van der Waals surface area (Å²) in [6.07, 6.45) is 6.58. The molecule has 32 heavy (non-hydrogen) atoms. The Kier molecular flexibility index (Phi) is 8.84. The summed E-state index contributed by atoms with van der Waals surface area (Å²) in [5.41, 5.74) is 2.28. The zero-order chi connectivity index (χ0) is 22.9. The van der Waals surface area contributed by atoms with Crippen LogP contribution in [0.4, 0.5) is 5.00 Å². The highest BCUT2D eigenvalue weighted by Crippen LogP contribution is 2.38. The third-order valence-electron chi connectivity index (χ3n) is 4.87. The number of nitrogens with one attached hydrogen (secondary N) is 2. The van der Waals surface area contributed by atoms with E-state index >= 15 is 0 Å². The van der Waals surface area contributed by atoms with E-state index in [1.165, 1.54) is 17.4 Å². The summed E-state index contributed by atoms with van der Waals surface area (Å²) in [6, 6.07) is 6.94. The van der Waals surface area contributed by atoms with E-state index in [1.54, 1.807) is 37.5 Å². The lowest BCUT2D eigenvalue weighted by Crippen LogP contribution is -2.29. The molecule has 0 atom stereocenters. The van der Waals surface area contributed by atoms with E-state index < -0.39 is 18.5 Å². The number of fused-ring (bicyclic) bond motifs is 1. The Labute approximate surface area is 195 Å². The van der Waals surface area contributed by atoms with Gasteiger partial charge in [-0.25, -0.2) is 4.79 Å². The molecule has 3 rings (SSSR count). The summed E-state index contributed by atoms with van der Waals surface area (Å²) in [5.74, 6) is -1.37. The van der Waals surface area contributed by atoms with Gasteiger partial charge in [0.1, 0.15) is 5.00 Å². The van der Waals surface area contributed by atoms with Gasteiger partial charge in [0, 0.05) is 29.6 Å². The first-order valence-corrected chi connectivity index (χ1v) is 11.5. The summed E-state index contributed by atoms with van der Waals surface area (Å²) in [7, 11) is 1.57. The van der Waals surface area contributed by atoms with Crippen LogP contribution >= 0.6 is 22.9 Å². The number of methoxy groups -OCH3 is 1. The number of rotatable bonds is 9. The van der Waals surface area contributed by atoms with E-state index in [1.807, 2.05) is 0 Å². The van der Waals surface area contributed by atoms with Gasteiger partial charge in [0.2, 0.25) is 0 Å². The van der Waals surface area contributed by atoms with Crippen molar-refractivity contribution in [2.75, 3.05) is 32.2 Å². The molecular formula is C23H25ClN2O5S. The highest BCUT2D eigenvalue weighted by atomic mass is 35.5. The quantitative estimate of drug-likeness (QED) is 0.325. The van der Waals surface area contributed by atoms with Gasteiger partial charge in [0.25, 0.3) is 11.8 Å². The summed E-state index contributed by atoms with van der Waals surface area (Å²) >= 11 is 7.24. The molecule has 1 heterocycles. The van der Waals surface area contributed by atoms with Crippen molar-refractivity contribution in [2.45, 2.75) is 25.7 Å². The maximum absolute atomic E-state index is 12.7. The SMILES string of the molecule is COCCNC(=O)c1c(NC(=O)COC(=O)/C=C/c2ccc(Cl)cc2)sc2c1CCCC2. The number of anilines is 1. The number of hydrogen-bond acceptors (Lipinski definition) is 6. The molecule has 9 heteroatoms. The molecule has 1 aromatic heterocycles. The number of amides is 2. The summed E-state index contributed by atoms with van der Waals surface area (Å²) in [4.78, 5) is 38.2. The van der Waals surface area contributed by atoms with Crippen molar-refractivity contribution >= 4 is 51.8 Å². The van der Waals surface area contributed by atoms with Crippen LogP contribution < -0.4 is 10.6 Å². The lowest BCUT2D eigenvalue weighted by Gasteiger charge is -2.13. The molecule has 2 amide bonds. The van der Waals surface area contributed by atoms with E-state index in [2.05, 4.69) is 10.6 Å². The standard InChI is InChI=1S/C23H25ClN2O5S/c1-30-13-12-25-22(29)21-17-4-2-3-5-18(17)32-23(21)26-19(27)14-31-20(28)11-8-15-6-9-16(24)10-7-15/h6-11H,2-5,12-14H2,1H3,(H,25,29)(H,26,27)/b11-8+. The Morgan fingerprint density at radius 2 is 1.91 bits per heavy atom. The van der Waals surface area contributed by atoms with E-state index in [-0.39, 0.29) is 5.91 Å². The third-order valence-corrected chi connectivity index (χ3v) is 6.33. The number of carbonyl (C=O) groups excluding carboxylic acids is 3. The summed E-state index contributed by atoms with van der Waals surface area (Å²) in [5, 5.41) is 6.66. The van der Waals surface area contributed by atoms with E-state index in [4.69, 9.17) is 21.1 Å². The van der Waals surface area contributed by atoms with Crippen LogP contribution in [0.2, 0.25) is 5.02 Å². The first kappa shape index (κ1) is 24.0. The predicted molar refractivity (Wildman–Crippen MR) is 125 cm³/mol. The van der Waals surface area contributed by atoms with Crippen LogP contribution in [-0.2, 0) is 31.9 Å². The molecule has 0 fully saturated rings. The molecule has 2 N–H and O–H groups in total. The van der Waals surface area contributed by atoms with Gasteiger partial charge in [-0.15, -0.1) is 11.3 Å². The lowest BCUT2D eigenvalue weighted by atomic mass is 9.95. The Morgan fingerprint density at radius 3 is 2.66 bits per heavy atom. The Balaban J connectivity index is 1.60. The molecule has 170 valence electrons. The molecule has 0 bridgehead atoms. The second-order valence-electron chi connectivity index (χ2n) is 7.20. The Morgan fingerprint density at radius 1 is 1.16 bits per heavy atom. The minimum Gasteiger partial charge on any atom is -0.452 e. The van der Waals surface area contributed by atoms with E-state index in [9.17, 15) is 14.4 Å². The zero-order valence-electron chi connectivity index (χ0n) is 17.7. The fraction of sp³-hybridized carbons (Fsp3) is 0.348. The van der Waals surface area contributed by atoms with Crippen LogP contribution in [0, 0.1) is 0 Å². The van der Waals surface area contributed by atoms with Crippen LogP contribution in [-0.4, -0.2) is 44.7 Å². The van der Waals surface area contributed by atoms with Crippen LogP contribution in [0.3, 0.4) is 0 Å². The predicted octanol–water partition coefficient (Wildman–Crippen LogP) is 3.85. The number of thiophene rings is 1. The number of benzene rings is 1. The largest absolute Gasteiger partial charge is 0.452 e. The molecule has 0 spiro atoms. The lowest BCUT2D eigenvalue weighted by molar-refractivity contribution is -0.142. The van der Waals surface area contributed by atoms with E-state index in [0.717, 1.165) is 41.7 Å². The average Bonchev–Trinajstić information content (AvgIpc) is 3.15. The van der Waals surface area contributed by atoms with Gasteiger partial charge in [-0.1, -0.05) is 23.7 Å². The van der Waals surface area contributed by atoms with Crippen LogP contribution in [0.15, 0.2) is 30.3 Å². The fourth-order valence-electron chi connectivity index (χ4n) is 3.33. The Bertz CT molecular complexity index is 1000. The normalized spacial score (nSPS) is 12.9. The van der Waals surface area contributed by atoms with Gasteiger partial charge in [0.05, 0.1) is 12.2 Å². The average molecular weight is 477 g/mol. The van der Waals surface area contributed by atoms with Crippen LogP contribution in [0.25, 0.3) is 6.08 Å². The molecule has 0 saturated heterocycles. The van der Waals surface area contributed by atoms with Gasteiger partial charge < -0.3 is 20.1 Å². The number of aryl methyl sites for hydroxylation is 1. The minimum absolute atomic E-state index is 0.236. The molecule has 0 aliphatic heterocycles. The van der Waals surface area contributed by atoms with Crippen molar-refractivity contribution in [2.24, 2.45) is 0 Å². The Hall–Kier alpha value is -2.68. The second-order valence-corrected chi connectivity index (χ2v) is 8.75. The van der Waals surface area contributed by atoms with Gasteiger partial charge in [-0.3, -0.25) is 9.59 Å². The van der Waals surface area contributed by atoms with Crippen molar-refractivity contribution in [1.82, 2.24) is 5.32 Å². The number of ether oxygens (including phenoxy) is 2. The maximum Gasteiger partial charge on any atom is 0.331 e. The monoisotopic (exact) mass is 476 g/mol. The van der Waals surface area contributed by atoms with Gasteiger partial charge in [0.15, 0.2) is 6.61 Å². The van der Waals surface area contributed by atoms with Crippen molar-refractivity contribution in [3.8, 4) is 0 Å². The van der Waals surface area contributed by atoms with Gasteiger partial charge in [-0.2, -0.15) is 0 Å². The molecule has 1 aliphatic carbocycles. The van der Waals surface area contributed by atoms with Crippen molar-refractivity contribution in [3.05, 3.63) is 56.9 Å². The number of hydrogen-bond donors (Lipinski definition) is 2. The molecule has 0 unspecified atom stereocenters. The number of carbonyl (C=O) groups is 3. The van der Waals surface area contributed by atoms with Crippen molar-refractivity contribution in [1.29, 1.82) is 0 Å². The van der Waals surface area contributed by atoms with Gasteiger partial charge in [-0.05, 0) is 55.0 Å². The molecular weight excluding hydrogens is 452 g/mol. The molecule has 2 aromatic rings. The maximum atomic E-state index is 12.7. The van der Waals surface area contributed by atoms with Crippen molar-refractivity contribution in [3.63, 3.8) is 0 Å². The molecule has 7 nitrogen and oxygen atoms in total. The molecule has 1 aliphatic rings. The van der Waals surface area contributed by atoms with E-state index in [0.29, 0.717) is 28.7 Å². The van der Waals surface area contributed by atoms with Crippen molar-refractivity contribution < 1.29 is 23.9 Å². The second kappa shape index (κ2) is 11.8. The van der Waals surface area contributed by atoms with Crippen LogP contribution in [0.1, 0.15) is 39.2 Å². The summed E-state index contributed by atoms with van der Waals surface area (Å²) < 4.78 is 10.0. The zero-order valence-corrected chi connectivity index (χ0v) is 19.3. The number of esters is 1. The first-order chi connectivity index (χ1) is 15.5. The van der Waals surface area contributed by atoms with Crippen LogP contribution in [0.5, 0.6) is 0 Å². The third kappa shape index (κ3) is 6.66. The minimum atomic E-state index is -0.641. The molecule has 0 saturated carbocycles.